The number of pyridine rings is 1. The van der Waals surface area contributed by atoms with Crippen LogP contribution < -0.4 is 4.90 Å². The van der Waals surface area contributed by atoms with Gasteiger partial charge in [0, 0.05) is 54.5 Å². The van der Waals surface area contributed by atoms with E-state index in [0.717, 1.165) is 0 Å². The summed E-state index contributed by atoms with van der Waals surface area (Å²) >= 11 is 0. The maximum absolute atomic E-state index is 13.2. The number of aromatic nitrogens is 3. The van der Waals surface area contributed by atoms with Gasteiger partial charge in [-0.25, -0.2) is 15.0 Å². The van der Waals surface area contributed by atoms with Gasteiger partial charge in [0.1, 0.15) is 0 Å². The van der Waals surface area contributed by atoms with Crippen molar-refractivity contribution in [3.05, 3.63) is 89.5 Å². The Hall–Kier alpha value is -4.76. The summed E-state index contributed by atoms with van der Waals surface area (Å²) in [6.07, 6.45) is 4.90. The van der Waals surface area contributed by atoms with Crippen LogP contribution in [-0.2, 0) is 9.53 Å². The maximum Gasteiger partial charge on any atom is 0.254 e. The van der Waals surface area contributed by atoms with Crippen molar-refractivity contribution in [3.8, 4) is 11.4 Å². The molecule has 38 heavy (non-hydrogen) atoms. The Bertz CT molecular complexity index is 1630. The molecule has 2 aromatic heterocycles. The Balaban J connectivity index is 1.49. The monoisotopic (exact) mass is 505 g/mol. The van der Waals surface area contributed by atoms with Gasteiger partial charge >= 0.3 is 0 Å². The first-order valence-corrected chi connectivity index (χ1v) is 12.3. The molecule has 4 heterocycles. The van der Waals surface area contributed by atoms with Crippen LogP contribution in [0.3, 0.4) is 0 Å². The highest BCUT2D eigenvalue weighted by Crippen LogP contribution is 2.36. The standard InChI is InChI=1S/C29H23N5O4/c1-18(35)34-25-6-3-2-5-21(25)27(36)26(34)17-20-16-23(28-30-9-4-10-31-28)22-15-19(7-8-24(22)32-20)29(37)33-11-13-38-14-12-33/h2-10,15-17H,11-14H2,1H3/b26-17+. The first kappa shape index (κ1) is 23.6. The van der Waals surface area contributed by atoms with Crippen LogP contribution in [0.25, 0.3) is 28.4 Å². The third-order valence-electron chi connectivity index (χ3n) is 6.64. The number of allylic oxidation sites excluding steroid dienone is 1. The molecule has 4 aromatic rings. The number of ether oxygens (including phenoxy) is 1. The molecule has 0 saturated carbocycles. The lowest BCUT2D eigenvalue weighted by atomic mass is 10.0. The normalized spacial score (nSPS) is 16.2. The number of benzene rings is 2. The van der Waals surface area contributed by atoms with E-state index in [4.69, 9.17) is 9.72 Å². The lowest BCUT2D eigenvalue weighted by Gasteiger charge is -2.27. The van der Waals surface area contributed by atoms with E-state index in [1.165, 1.54) is 11.8 Å². The third-order valence-corrected chi connectivity index (χ3v) is 6.64. The van der Waals surface area contributed by atoms with Crippen molar-refractivity contribution in [2.24, 2.45) is 0 Å². The van der Waals surface area contributed by atoms with Gasteiger partial charge in [-0.2, -0.15) is 0 Å². The van der Waals surface area contributed by atoms with Crippen molar-refractivity contribution in [2.75, 3.05) is 31.2 Å². The smallest absolute Gasteiger partial charge is 0.254 e. The van der Waals surface area contributed by atoms with Crippen molar-refractivity contribution < 1.29 is 19.1 Å². The van der Waals surface area contributed by atoms with E-state index < -0.39 is 0 Å². The second-order valence-corrected chi connectivity index (χ2v) is 9.03. The number of Topliss-reactive ketones (excluding diaryl/α,β-unsaturated/α-hetero) is 1. The fraction of sp³-hybridized carbons (Fsp3) is 0.172. The predicted molar refractivity (Wildman–Crippen MR) is 141 cm³/mol. The number of hydrogen-bond donors (Lipinski definition) is 0. The van der Waals surface area contributed by atoms with E-state index in [0.29, 0.717) is 71.1 Å². The molecular formula is C29H23N5O4. The Labute approximate surface area is 218 Å². The van der Waals surface area contributed by atoms with E-state index in [2.05, 4.69) is 9.97 Å². The van der Waals surface area contributed by atoms with Gasteiger partial charge in [0.15, 0.2) is 5.82 Å². The number of rotatable bonds is 3. The van der Waals surface area contributed by atoms with Crippen LogP contribution in [-0.4, -0.2) is 63.8 Å². The van der Waals surface area contributed by atoms with Crippen molar-refractivity contribution in [3.63, 3.8) is 0 Å². The summed E-state index contributed by atoms with van der Waals surface area (Å²) in [6, 6.07) is 15.9. The molecule has 2 aliphatic rings. The van der Waals surface area contributed by atoms with E-state index in [1.807, 2.05) is 0 Å². The van der Waals surface area contributed by atoms with Gasteiger partial charge in [-0.3, -0.25) is 19.3 Å². The van der Waals surface area contributed by atoms with Crippen LogP contribution >= 0.6 is 0 Å². The summed E-state index contributed by atoms with van der Waals surface area (Å²) in [6.45, 7) is 3.54. The number of nitrogens with zero attached hydrogens (tertiary/aromatic N) is 5. The zero-order valence-electron chi connectivity index (χ0n) is 20.6. The summed E-state index contributed by atoms with van der Waals surface area (Å²) in [5.41, 5.74) is 3.52. The number of carbonyl (C=O) groups excluding carboxylic acids is 3. The molecule has 2 amide bonds. The quantitative estimate of drug-likeness (QED) is 0.391. The number of ketones is 1. The van der Waals surface area contributed by atoms with Crippen molar-refractivity contribution in [1.29, 1.82) is 0 Å². The first-order valence-electron chi connectivity index (χ1n) is 12.3. The summed E-state index contributed by atoms with van der Waals surface area (Å²) in [5, 5.41) is 0.710. The molecule has 1 saturated heterocycles. The highest BCUT2D eigenvalue weighted by molar-refractivity contribution is 6.26. The number of amides is 2. The zero-order valence-corrected chi connectivity index (χ0v) is 20.6. The lowest BCUT2D eigenvalue weighted by Crippen LogP contribution is -2.40. The van der Waals surface area contributed by atoms with Crippen LogP contribution in [0.2, 0.25) is 0 Å². The molecule has 2 aliphatic heterocycles. The number of fused-ring (bicyclic) bond motifs is 2. The molecule has 0 spiro atoms. The average molecular weight is 506 g/mol. The molecule has 1 fully saturated rings. The van der Waals surface area contributed by atoms with Gasteiger partial charge in [-0.1, -0.05) is 12.1 Å². The molecule has 0 atom stereocenters. The van der Waals surface area contributed by atoms with E-state index in [9.17, 15) is 14.4 Å². The second-order valence-electron chi connectivity index (χ2n) is 9.03. The zero-order chi connectivity index (χ0) is 26.2. The molecule has 188 valence electrons. The number of hydrogen-bond acceptors (Lipinski definition) is 7. The third kappa shape index (κ3) is 4.12. The molecule has 0 unspecified atom stereocenters. The average Bonchev–Trinajstić information content (AvgIpc) is 3.24. The largest absolute Gasteiger partial charge is 0.378 e. The molecule has 2 aromatic carbocycles. The van der Waals surface area contributed by atoms with E-state index in [1.54, 1.807) is 78.0 Å². The fourth-order valence-corrected chi connectivity index (χ4v) is 4.86. The van der Waals surface area contributed by atoms with Crippen LogP contribution in [0, 0.1) is 0 Å². The SMILES string of the molecule is CC(=O)N1/C(=C/c2cc(-c3ncccn3)c3cc(C(=O)N4CCOCC4)ccc3n2)C(=O)c2ccccc21. The topological polar surface area (TPSA) is 106 Å². The molecule has 6 rings (SSSR count). The minimum absolute atomic E-state index is 0.0762. The highest BCUT2D eigenvalue weighted by atomic mass is 16.5. The van der Waals surface area contributed by atoms with Gasteiger partial charge in [0.25, 0.3) is 5.91 Å². The van der Waals surface area contributed by atoms with Crippen molar-refractivity contribution >= 4 is 40.3 Å². The van der Waals surface area contributed by atoms with Gasteiger partial charge in [-0.15, -0.1) is 0 Å². The van der Waals surface area contributed by atoms with Gasteiger partial charge < -0.3 is 9.64 Å². The number of anilines is 1. The molecule has 0 N–H and O–H groups in total. The van der Waals surface area contributed by atoms with Crippen molar-refractivity contribution in [1.82, 2.24) is 19.9 Å². The Morgan fingerprint density at radius 1 is 0.947 bits per heavy atom. The van der Waals surface area contributed by atoms with E-state index in [-0.39, 0.29) is 23.3 Å². The minimum Gasteiger partial charge on any atom is -0.378 e. The Morgan fingerprint density at radius 2 is 1.71 bits per heavy atom. The van der Waals surface area contributed by atoms with Crippen molar-refractivity contribution in [2.45, 2.75) is 6.92 Å². The van der Waals surface area contributed by atoms with Gasteiger partial charge in [0.05, 0.1) is 35.8 Å². The summed E-state index contributed by atoms with van der Waals surface area (Å²) in [7, 11) is 0. The Morgan fingerprint density at radius 3 is 2.47 bits per heavy atom. The lowest BCUT2D eigenvalue weighted by molar-refractivity contribution is -0.116. The fourth-order valence-electron chi connectivity index (χ4n) is 4.86. The summed E-state index contributed by atoms with van der Waals surface area (Å²) < 4.78 is 5.38. The second kappa shape index (κ2) is 9.60. The molecule has 9 heteroatoms. The van der Waals surface area contributed by atoms with Gasteiger partial charge in [-0.05, 0) is 48.5 Å². The number of carbonyl (C=O) groups is 3. The molecular weight excluding hydrogens is 482 g/mol. The maximum atomic E-state index is 13.2. The summed E-state index contributed by atoms with van der Waals surface area (Å²) in [4.78, 5) is 55.7. The predicted octanol–water partition coefficient (Wildman–Crippen LogP) is 3.75. The Kier molecular flexibility index (Phi) is 5.97. The molecule has 0 bridgehead atoms. The molecule has 0 aliphatic carbocycles. The molecule has 9 nitrogen and oxygen atoms in total. The molecule has 0 radical (unpaired) electrons. The highest BCUT2D eigenvalue weighted by Gasteiger charge is 2.34. The van der Waals surface area contributed by atoms with E-state index >= 15 is 0 Å². The minimum atomic E-state index is -0.270. The van der Waals surface area contributed by atoms with Crippen LogP contribution in [0.5, 0.6) is 0 Å². The van der Waals surface area contributed by atoms with Crippen LogP contribution in [0.1, 0.15) is 33.3 Å². The number of para-hydroxylation sites is 1. The summed E-state index contributed by atoms with van der Waals surface area (Å²) in [5.74, 6) is -0.136. The van der Waals surface area contributed by atoms with Crippen LogP contribution in [0.15, 0.2) is 72.7 Å². The van der Waals surface area contributed by atoms with Crippen LogP contribution in [0.4, 0.5) is 5.69 Å². The first-order chi connectivity index (χ1) is 18.5. The van der Waals surface area contributed by atoms with Gasteiger partial charge in [0.2, 0.25) is 11.7 Å². The number of morpholine rings is 1.